The molecule has 2 atom stereocenters. The predicted octanol–water partition coefficient (Wildman–Crippen LogP) is 5.69. The molecule has 2 unspecified atom stereocenters. The third-order valence-electron chi connectivity index (χ3n) is 4.19. The van der Waals surface area contributed by atoms with Crippen LogP contribution in [0, 0.1) is 0 Å². The van der Waals surface area contributed by atoms with Crippen molar-refractivity contribution in [1.29, 1.82) is 0 Å². The Hall–Kier alpha value is -2.10. The molecule has 3 aromatic rings. The highest BCUT2D eigenvalue weighted by molar-refractivity contribution is 9.09. The molecule has 1 N–H and O–H groups in total. The maximum Gasteiger partial charge on any atom is 0.573 e. The number of alkyl halides is 4. The Balaban J connectivity index is 1.69. The first-order valence-corrected chi connectivity index (χ1v) is 10.6. The minimum Gasteiger partial charge on any atom is -0.406 e. The number of benzene rings is 3. The van der Waals surface area contributed by atoms with E-state index < -0.39 is 17.6 Å². The highest BCUT2D eigenvalue weighted by atomic mass is 79.9. The molecule has 154 valence electrons. The van der Waals surface area contributed by atoms with Crippen molar-refractivity contribution >= 4 is 43.7 Å². The van der Waals surface area contributed by atoms with Crippen LogP contribution in [-0.2, 0) is 17.7 Å². The van der Waals surface area contributed by atoms with Crippen LogP contribution in [0.1, 0.15) is 5.56 Å². The second kappa shape index (κ2) is 9.15. The van der Waals surface area contributed by atoms with Crippen molar-refractivity contribution in [1.82, 2.24) is 0 Å². The van der Waals surface area contributed by atoms with Gasteiger partial charge in [0.05, 0.1) is 5.69 Å². The summed E-state index contributed by atoms with van der Waals surface area (Å²) in [6, 6.07) is 18.7. The van der Waals surface area contributed by atoms with Gasteiger partial charge in [-0.05, 0) is 47.0 Å². The van der Waals surface area contributed by atoms with Crippen molar-refractivity contribution in [3.8, 4) is 5.75 Å². The number of hydrogen-bond acceptors (Lipinski definition) is 2. The van der Waals surface area contributed by atoms with Gasteiger partial charge in [0.15, 0.2) is 0 Å². The highest BCUT2D eigenvalue weighted by Crippen LogP contribution is 2.26. The molecular weight excluding hydrogens is 471 g/mol. The zero-order valence-electron chi connectivity index (χ0n) is 15.0. The largest absolute Gasteiger partial charge is 0.573 e. The van der Waals surface area contributed by atoms with Gasteiger partial charge < -0.3 is 4.74 Å². The summed E-state index contributed by atoms with van der Waals surface area (Å²) >= 11 is 1.27. The van der Waals surface area contributed by atoms with E-state index in [0.717, 1.165) is 16.3 Å². The van der Waals surface area contributed by atoms with Gasteiger partial charge in [-0.2, -0.15) is 0 Å². The zero-order valence-corrected chi connectivity index (χ0v) is 17.4. The minimum absolute atomic E-state index is 0.209. The molecule has 0 heterocycles. The Morgan fingerprint density at radius 2 is 1.69 bits per heavy atom. The number of ether oxygens (including phenoxy) is 1. The number of rotatable bonds is 7. The maximum absolute atomic E-state index is 12.2. The summed E-state index contributed by atoms with van der Waals surface area (Å²) in [5.41, 5.74) is 1.37. The van der Waals surface area contributed by atoms with Crippen molar-refractivity contribution in [3.63, 3.8) is 0 Å². The fourth-order valence-corrected chi connectivity index (χ4v) is 4.38. The van der Waals surface area contributed by atoms with Crippen molar-refractivity contribution in [2.45, 2.75) is 17.6 Å². The number of hydrogen-bond donors (Lipinski definition) is 1. The van der Waals surface area contributed by atoms with Crippen LogP contribution in [0.2, 0.25) is 0 Å². The van der Waals surface area contributed by atoms with E-state index in [4.69, 9.17) is 0 Å². The normalized spacial score (nSPS) is 13.8. The molecule has 4 nitrogen and oxygen atoms in total. The Labute approximate surface area is 176 Å². The molecule has 0 spiro atoms. The van der Waals surface area contributed by atoms with Crippen molar-refractivity contribution in [3.05, 3.63) is 72.3 Å². The quantitative estimate of drug-likeness (QED) is 0.344. The number of anilines is 1. The molecule has 3 rings (SSSR count). The summed E-state index contributed by atoms with van der Waals surface area (Å²) in [7, 11) is 0. The van der Waals surface area contributed by atoms with E-state index >= 15 is 0 Å². The zero-order chi connectivity index (χ0) is 21.0. The van der Waals surface area contributed by atoms with Crippen LogP contribution in [-0.4, -0.2) is 26.5 Å². The van der Waals surface area contributed by atoms with E-state index in [1.54, 1.807) is 6.07 Å². The van der Waals surface area contributed by atoms with E-state index in [1.165, 1.54) is 28.6 Å². The average molecular weight is 488 g/mol. The average Bonchev–Trinajstić information content (AvgIpc) is 2.66. The molecule has 0 saturated carbocycles. The van der Waals surface area contributed by atoms with Gasteiger partial charge in [-0.15, -0.1) is 13.2 Å². The summed E-state index contributed by atoms with van der Waals surface area (Å²) in [5.74, 6) is -0.290. The van der Waals surface area contributed by atoms with Gasteiger partial charge in [0.25, 0.3) is 11.3 Å². The lowest BCUT2D eigenvalue weighted by molar-refractivity contribution is -0.274. The molecule has 0 fully saturated rings. The highest BCUT2D eigenvalue weighted by Gasteiger charge is 2.31. The first-order valence-electron chi connectivity index (χ1n) is 8.57. The van der Waals surface area contributed by atoms with Gasteiger partial charge in [0.2, 0.25) is 0 Å². The Kier molecular flexibility index (Phi) is 6.81. The third-order valence-corrected chi connectivity index (χ3v) is 5.54. The molecule has 9 heteroatoms. The van der Waals surface area contributed by atoms with E-state index in [2.05, 4.69) is 20.7 Å². The molecule has 0 amide bonds. The summed E-state index contributed by atoms with van der Waals surface area (Å²) in [6.07, 6.45) is -4.28. The number of fused-ring (bicyclic) bond motifs is 1. The van der Waals surface area contributed by atoms with Gasteiger partial charge in [-0.25, -0.2) is 4.21 Å². The lowest BCUT2D eigenvalue weighted by Crippen LogP contribution is -2.32. The molecular formula is C20H17BrF3NO3S. The molecule has 0 aromatic heterocycles. The van der Waals surface area contributed by atoms with Crippen LogP contribution in [0.15, 0.2) is 66.7 Å². The van der Waals surface area contributed by atoms with E-state index in [1.807, 2.05) is 36.4 Å². The molecule has 0 saturated heterocycles. The first-order chi connectivity index (χ1) is 13.7. The van der Waals surface area contributed by atoms with Crippen LogP contribution in [0.3, 0.4) is 0 Å². The standard InChI is InChI=1S/C20H17BrF3NO3S/c21-17(11-14-5-9-19(10-6-14)28-20(22,23)24)13-25(29(26)27)18-8-7-15-3-1-2-4-16(15)12-18/h1-10,12,17H,11,13H2,(H,26,27). The molecule has 0 aliphatic carbocycles. The lowest BCUT2D eigenvalue weighted by atomic mass is 10.1. The molecule has 0 aliphatic rings. The second-order valence-electron chi connectivity index (χ2n) is 6.32. The van der Waals surface area contributed by atoms with Crippen LogP contribution in [0.25, 0.3) is 10.8 Å². The van der Waals surface area contributed by atoms with Crippen LogP contribution < -0.4 is 9.04 Å². The number of nitrogens with zero attached hydrogens (tertiary/aromatic N) is 1. The molecule has 0 aliphatic heterocycles. The summed E-state index contributed by atoms with van der Waals surface area (Å²) in [6.45, 7) is 0.224. The third kappa shape index (κ3) is 6.19. The molecule has 29 heavy (non-hydrogen) atoms. The van der Waals surface area contributed by atoms with Gasteiger partial charge >= 0.3 is 6.36 Å². The predicted molar refractivity (Wildman–Crippen MR) is 112 cm³/mol. The first kappa shape index (κ1) is 21.6. The van der Waals surface area contributed by atoms with Crippen LogP contribution in [0.4, 0.5) is 18.9 Å². The van der Waals surface area contributed by atoms with Gasteiger partial charge in [0.1, 0.15) is 5.75 Å². The monoisotopic (exact) mass is 487 g/mol. The van der Waals surface area contributed by atoms with Crippen molar-refractivity contribution in [2.24, 2.45) is 0 Å². The fraction of sp³-hybridized carbons (Fsp3) is 0.200. The SMILES string of the molecule is O=S(O)N(CC(Br)Cc1ccc(OC(F)(F)F)cc1)c1ccc2ccccc2c1. The second-order valence-corrected chi connectivity index (χ2v) is 8.51. The lowest BCUT2D eigenvalue weighted by Gasteiger charge is -2.23. The smallest absolute Gasteiger partial charge is 0.406 e. The fourth-order valence-electron chi connectivity index (χ4n) is 2.92. The van der Waals surface area contributed by atoms with E-state index in [0.29, 0.717) is 12.1 Å². The molecule has 0 bridgehead atoms. The van der Waals surface area contributed by atoms with Gasteiger partial charge in [-0.1, -0.05) is 58.4 Å². The Bertz CT molecular complexity index is 998. The van der Waals surface area contributed by atoms with Gasteiger partial charge in [0, 0.05) is 11.4 Å². The van der Waals surface area contributed by atoms with Crippen LogP contribution >= 0.6 is 15.9 Å². The topological polar surface area (TPSA) is 49.8 Å². The maximum atomic E-state index is 12.2. The van der Waals surface area contributed by atoms with Crippen molar-refractivity contribution < 1.29 is 26.7 Å². The van der Waals surface area contributed by atoms with E-state index in [-0.39, 0.29) is 17.1 Å². The van der Waals surface area contributed by atoms with Crippen LogP contribution in [0.5, 0.6) is 5.75 Å². The Morgan fingerprint density at radius 1 is 1.03 bits per heavy atom. The summed E-state index contributed by atoms with van der Waals surface area (Å²) < 4.78 is 63.6. The van der Waals surface area contributed by atoms with E-state index in [9.17, 15) is 21.9 Å². The minimum atomic E-state index is -4.73. The Morgan fingerprint density at radius 3 is 2.31 bits per heavy atom. The summed E-state index contributed by atoms with van der Waals surface area (Å²) in [4.78, 5) is -0.209. The van der Waals surface area contributed by atoms with Gasteiger partial charge in [-0.3, -0.25) is 8.86 Å². The molecule has 0 radical (unpaired) electrons. The number of halogens is 4. The summed E-state index contributed by atoms with van der Waals surface area (Å²) in [5, 5.41) is 1.98. The van der Waals surface area contributed by atoms with Crippen molar-refractivity contribution in [2.75, 3.05) is 10.8 Å². The molecule has 3 aromatic carbocycles.